The summed E-state index contributed by atoms with van der Waals surface area (Å²) in [5, 5.41) is 18.7. The fraction of sp³-hybridized carbons (Fsp3) is 0.316. The Hall–Kier alpha value is -8.45. The number of anilines is 2. The number of amides is 1. The van der Waals surface area contributed by atoms with E-state index in [4.69, 9.17) is 17.0 Å². The number of rotatable bonds is 11. The van der Waals surface area contributed by atoms with Crippen molar-refractivity contribution < 1.29 is 43.9 Å². The van der Waals surface area contributed by atoms with Gasteiger partial charge in [-0.3, -0.25) is 0 Å². The number of benzene rings is 4. The lowest BCUT2D eigenvalue weighted by molar-refractivity contribution is 0.0491. The number of halogens is 4. The summed E-state index contributed by atoms with van der Waals surface area (Å²) in [5.74, 6) is -3.47. The number of ether oxygens (including phenoxy) is 1. The molecule has 18 nitrogen and oxygen atoms in total. The molecule has 420 valence electrons. The molecule has 81 heavy (non-hydrogen) atoms. The van der Waals surface area contributed by atoms with Crippen LogP contribution in [0.2, 0.25) is 0 Å². The number of carbonyl (C=O) groups is 1. The van der Waals surface area contributed by atoms with E-state index in [0.717, 1.165) is 75.7 Å². The molecule has 4 atom stereocenters. The SMILES string of the molecule is Cc1ccc(S(=O)(=O)n2cc(-c3ncc(F)c(N[C@@H]4CCC[C@H](NC(=O)OC(C)(C)C)C4)n3)c3cc(C#N)cc(F)c32)cc1.[C-]#[N+]c1cc(F)c2c(c1)c(-c1ncc(F)c(N[C@@H]3CCC[C@H](N)C3)n1)cn2S(=O)(=O)c1ccc(C)cc1. The number of aromatic nitrogens is 6. The van der Waals surface area contributed by atoms with Crippen molar-refractivity contribution >= 4 is 65.3 Å². The molecule has 4 aromatic carbocycles. The minimum atomic E-state index is -4.28. The predicted octanol–water partition coefficient (Wildman–Crippen LogP) is 11.2. The summed E-state index contributed by atoms with van der Waals surface area (Å²) in [6.45, 7) is 16.3. The minimum Gasteiger partial charge on any atom is -0.444 e. The Kier molecular flexibility index (Phi) is 16.2. The molecular weight excluding hydrogens is 1090 g/mol. The Bertz CT molecular complexity index is 4040. The van der Waals surface area contributed by atoms with Crippen molar-refractivity contribution in [2.24, 2.45) is 5.73 Å². The Morgan fingerprint density at radius 3 is 1.65 bits per heavy atom. The highest BCUT2D eigenvalue weighted by Gasteiger charge is 2.31. The molecule has 8 aromatic rings. The van der Waals surface area contributed by atoms with Crippen LogP contribution in [0, 0.1) is 55.0 Å². The number of nitrogens with two attached hydrogens (primary N) is 1. The van der Waals surface area contributed by atoms with Gasteiger partial charge in [-0.1, -0.05) is 35.4 Å². The van der Waals surface area contributed by atoms with Crippen LogP contribution < -0.4 is 21.7 Å². The molecule has 10 rings (SSSR count). The maximum atomic E-state index is 15.4. The van der Waals surface area contributed by atoms with Crippen LogP contribution in [0.3, 0.4) is 0 Å². The molecule has 2 aliphatic rings. The van der Waals surface area contributed by atoms with E-state index < -0.39 is 55.0 Å². The predicted molar refractivity (Wildman–Crippen MR) is 297 cm³/mol. The number of nitrogens with one attached hydrogen (secondary N) is 3. The van der Waals surface area contributed by atoms with Gasteiger partial charge in [0.15, 0.2) is 40.6 Å². The van der Waals surface area contributed by atoms with Crippen LogP contribution in [0.25, 0.3) is 49.4 Å². The van der Waals surface area contributed by atoms with Crippen LogP contribution in [0.4, 0.5) is 39.7 Å². The van der Waals surface area contributed by atoms with Gasteiger partial charge in [0, 0.05) is 58.5 Å². The molecule has 5 N–H and O–H groups in total. The van der Waals surface area contributed by atoms with Crippen LogP contribution in [-0.2, 0) is 24.8 Å². The van der Waals surface area contributed by atoms with Gasteiger partial charge < -0.3 is 26.4 Å². The molecule has 0 bridgehead atoms. The van der Waals surface area contributed by atoms with Gasteiger partial charge in [-0.25, -0.2) is 71.9 Å². The maximum Gasteiger partial charge on any atom is 0.407 e. The highest BCUT2D eigenvalue weighted by atomic mass is 32.2. The Morgan fingerprint density at radius 1 is 0.704 bits per heavy atom. The fourth-order valence-corrected chi connectivity index (χ4v) is 12.7. The van der Waals surface area contributed by atoms with Gasteiger partial charge in [0.05, 0.1) is 45.9 Å². The van der Waals surface area contributed by atoms with Gasteiger partial charge in [0.1, 0.15) is 22.8 Å². The molecule has 0 aliphatic heterocycles. The van der Waals surface area contributed by atoms with Crippen molar-refractivity contribution in [3.8, 4) is 28.8 Å². The van der Waals surface area contributed by atoms with E-state index in [0.29, 0.717) is 19.3 Å². The van der Waals surface area contributed by atoms with Crippen LogP contribution in [0.1, 0.15) is 88.8 Å². The molecule has 1 amide bonds. The third kappa shape index (κ3) is 12.5. The van der Waals surface area contributed by atoms with Gasteiger partial charge in [0.2, 0.25) is 0 Å². The van der Waals surface area contributed by atoms with Crippen molar-refractivity contribution in [2.45, 2.75) is 126 Å². The highest BCUT2D eigenvalue weighted by Crippen LogP contribution is 2.38. The zero-order chi connectivity index (χ0) is 58.1. The van der Waals surface area contributed by atoms with E-state index in [1.807, 2.05) is 19.9 Å². The summed E-state index contributed by atoms with van der Waals surface area (Å²) < 4.78 is 122. The zero-order valence-electron chi connectivity index (χ0n) is 44.6. The van der Waals surface area contributed by atoms with Gasteiger partial charge in [-0.2, -0.15) is 5.26 Å². The first kappa shape index (κ1) is 57.2. The fourth-order valence-electron chi connectivity index (χ4n) is 9.93. The average Bonchev–Trinajstić information content (AvgIpc) is 3.74. The topological polar surface area (TPSA) is 246 Å². The van der Waals surface area contributed by atoms with Crippen molar-refractivity contribution in [1.29, 1.82) is 5.26 Å². The molecule has 4 heterocycles. The first-order valence-electron chi connectivity index (χ1n) is 25.9. The number of hydrogen-bond acceptors (Lipinski definition) is 14. The van der Waals surface area contributed by atoms with Crippen LogP contribution in [0.5, 0.6) is 0 Å². The molecule has 24 heteroatoms. The normalized spacial score (nSPS) is 17.6. The molecule has 2 fully saturated rings. The number of fused-ring (bicyclic) bond motifs is 2. The number of hydrogen-bond donors (Lipinski definition) is 4. The van der Waals surface area contributed by atoms with Gasteiger partial charge >= 0.3 is 6.09 Å². The first-order chi connectivity index (χ1) is 38.4. The molecule has 0 radical (unpaired) electrons. The Balaban J connectivity index is 0.000000198. The van der Waals surface area contributed by atoms with Gasteiger partial charge in [-0.05, 0) is 135 Å². The van der Waals surface area contributed by atoms with Crippen LogP contribution >= 0.6 is 0 Å². The lowest BCUT2D eigenvalue weighted by atomic mass is 9.91. The molecular formula is C57H56F4N12O6S2. The molecule has 4 aromatic heterocycles. The monoisotopic (exact) mass is 1140 g/mol. The second-order valence-electron chi connectivity index (χ2n) is 21.1. The van der Waals surface area contributed by atoms with Crippen molar-refractivity contribution in [2.75, 3.05) is 10.6 Å². The van der Waals surface area contributed by atoms with Crippen molar-refractivity contribution in [1.82, 2.24) is 33.2 Å². The van der Waals surface area contributed by atoms with E-state index in [9.17, 15) is 35.7 Å². The van der Waals surface area contributed by atoms with Gasteiger partial charge in [-0.15, -0.1) is 0 Å². The van der Waals surface area contributed by atoms with Gasteiger partial charge in [0.25, 0.3) is 20.0 Å². The zero-order valence-corrected chi connectivity index (χ0v) is 46.3. The number of aryl methyl sites for hydroxylation is 2. The second-order valence-corrected chi connectivity index (χ2v) is 24.7. The lowest BCUT2D eigenvalue weighted by Crippen LogP contribution is -2.44. The van der Waals surface area contributed by atoms with Crippen molar-refractivity contribution in [3.63, 3.8) is 0 Å². The molecule has 2 aliphatic carbocycles. The summed E-state index contributed by atoms with van der Waals surface area (Å²) >= 11 is 0. The number of carbonyl (C=O) groups excluding carboxylic acids is 1. The quantitative estimate of drug-likeness (QED) is 0.0695. The molecule has 2 saturated carbocycles. The smallest absolute Gasteiger partial charge is 0.407 e. The third-order valence-corrected chi connectivity index (χ3v) is 17.1. The second kappa shape index (κ2) is 23.0. The number of nitrogens with zero attached hydrogens (tertiary/aromatic N) is 8. The molecule has 0 unspecified atom stereocenters. The summed E-state index contributed by atoms with van der Waals surface area (Å²) in [7, 11) is -8.50. The summed E-state index contributed by atoms with van der Waals surface area (Å²) in [5.41, 5.74) is 6.78. The number of alkyl carbamates (subject to hydrolysis) is 1. The van der Waals surface area contributed by atoms with E-state index >= 15 is 8.78 Å². The lowest BCUT2D eigenvalue weighted by Gasteiger charge is -2.31. The minimum absolute atomic E-state index is 0.00612. The summed E-state index contributed by atoms with van der Waals surface area (Å²) in [4.78, 5) is 32.3. The Labute approximate surface area is 465 Å². The average molecular weight is 1150 g/mol. The Morgan fingerprint density at radius 2 is 1.17 bits per heavy atom. The van der Waals surface area contributed by atoms with Crippen molar-refractivity contribution in [3.05, 3.63) is 149 Å². The largest absolute Gasteiger partial charge is 0.444 e. The highest BCUT2D eigenvalue weighted by molar-refractivity contribution is 7.90. The van der Waals surface area contributed by atoms with E-state index in [1.165, 1.54) is 48.8 Å². The van der Waals surface area contributed by atoms with E-state index in [-0.39, 0.29) is 101 Å². The standard InChI is InChI=1S/C31H32F2N6O4S.C26H24F2N6O2S/c1-18-8-10-22(11-9-18)44(41,42)39-17-24(23-12-19(15-34)13-25(32)27(23)39)28-35-16-26(33)29(38-28)36-20-6-5-7-21(14-20)37-30(40)43-31(2,3)4;1-15-6-8-19(9-7-15)37(35,36)34-14-21(20-11-18(30-2)12-22(27)24(20)34)25-31-13-23(28)26(33-25)32-17-5-3-4-16(29)10-17/h8-13,16-17,20-21H,5-7,14H2,1-4H3,(H,37,40)(H,35,36,38);6-9,11-14,16-17H,3-5,10,29H2,1H3,(H,31,32,33)/t20-,21+;16-,17+/m10/s1. The van der Waals surface area contributed by atoms with E-state index in [2.05, 4.69) is 40.7 Å². The summed E-state index contributed by atoms with van der Waals surface area (Å²) in [6, 6.07) is 18.3. The number of nitriles is 1. The maximum absolute atomic E-state index is 15.4. The van der Waals surface area contributed by atoms with E-state index in [1.54, 1.807) is 45.0 Å². The molecule has 0 saturated heterocycles. The summed E-state index contributed by atoms with van der Waals surface area (Å²) in [6.07, 6.45) is 9.75. The first-order valence-corrected chi connectivity index (χ1v) is 28.8. The van der Waals surface area contributed by atoms with Crippen LogP contribution in [0.15, 0.2) is 107 Å². The molecule has 0 spiro atoms. The van der Waals surface area contributed by atoms with Crippen LogP contribution in [-0.4, -0.2) is 80.6 Å². The third-order valence-electron chi connectivity index (χ3n) is 13.8.